The highest BCUT2D eigenvalue weighted by atomic mass is 35.5. The zero-order valence-electron chi connectivity index (χ0n) is 15.5. The molecule has 1 amide bonds. The first-order valence-electron chi connectivity index (χ1n) is 9.52. The summed E-state index contributed by atoms with van der Waals surface area (Å²) in [7, 11) is 1.91. The van der Waals surface area contributed by atoms with E-state index < -0.39 is 0 Å². The number of nitrogens with one attached hydrogen (secondary N) is 1. The van der Waals surface area contributed by atoms with Gasteiger partial charge in [0.15, 0.2) is 0 Å². The molecule has 144 valence electrons. The van der Waals surface area contributed by atoms with Gasteiger partial charge in [0.2, 0.25) is 0 Å². The molecule has 1 N–H and O–H groups in total. The lowest BCUT2D eigenvalue weighted by atomic mass is 10.0. The van der Waals surface area contributed by atoms with Gasteiger partial charge in [0, 0.05) is 43.3 Å². The van der Waals surface area contributed by atoms with Gasteiger partial charge in [-0.05, 0) is 30.5 Å². The lowest BCUT2D eigenvalue weighted by molar-refractivity contribution is 0.0162. The number of ether oxygens (including phenoxy) is 1. The number of amides is 1. The van der Waals surface area contributed by atoms with E-state index in [-0.39, 0.29) is 11.9 Å². The van der Waals surface area contributed by atoms with E-state index in [2.05, 4.69) is 15.3 Å². The molecular weight excluding hydrogens is 364 g/mol. The van der Waals surface area contributed by atoms with Crippen LogP contribution >= 0.6 is 11.6 Å². The summed E-state index contributed by atoms with van der Waals surface area (Å²) in [6.45, 7) is 3.51. The summed E-state index contributed by atoms with van der Waals surface area (Å²) in [5.74, 6) is 0.427. The molecule has 1 atom stereocenters. The van der Waals surface area contributed by atoms with Crippen LogP contribution < -0.4 is 5.32 Å². The number of carbonyl (C=O) groups excluding carboxylic acids is 1. The molecule has 27 heavy (non-hydrogen) atoms. The third kappa shape index (κ3) is 4.18. The number of carbonyl (C=O) groups is 1. The normalized spacial score (nSPS) is 19.0. The van der Waals surface area contributed by atoms with Crippen molar-refractivity contribution in [1.82, 2.24) is 20.0 Å². The van der Waals surface area contributed by atoms with Crippen LogP contribution in [0.5, 0.6) is 0 Å². The fourth-order valence-electron chi connectivity index (χ4n) is 3.70. The third-order valence-corrected chi connectivity index (χ3v) is 5.70. The van der Waals surface area contributed by atoms with E-state index in [4.69, 9.17) is 16.3 Å². The minimum Gasteiger partial charge on any atom is -0.379 e. The lowest BCUT2D eigenvalue weighted by Gasteiger charge is -2.35. The Labute approximate surface area is 164 Å². The van der Waals surface area contributed by atoms with Gasteiger partial charge in [-0.3, -0.25) is 14.4 Å². The van der Waals surface area contributed by atoms with Crippen molar-refractivity contribution in [3.05, 3.63) is 52.3 Å². The number of hydrogen-bond donors (Lipinski definition) is 1. The van der Waals surface area contributed by atoms with Gasteiger partial charge in [-0.25, -0.2) is 0 Å². The zero-order valence-corrected chi connectivity index (χ0v) is 16.3. The average molecular weight is 389 g/mol. The molecule has 1 saturated carbocycles. The van der Waals surface area contributed by atoms with Crippen LogP contribution in [0.4, 0.5) is 0 Å². The number of hydrogen-bond acceptors (Lipinski definition) is 4. The number of morpholine rings is 1. The molecule has 0 bridgehead atoms. The van der Waals surface area contributed by atoms with Gasteiger partial charge in [0.05, 0.1) is 19.3 Å². The molecule has 1 aliphatic carbocycles. The van der Waals surface area contributed by atoms with Crippen LogP contribution in [0, 0.1) is 0 Å². The van der Waals surface area contributed by atoms with Crippen LogP contribution in [0.15, 0.2) is 30.3 Å². The quantitative estimate of drug-likeness (QED) is 0.826. The van der Waals surface area contributed by atoms with E-state index >= 15 is 0 Å². The van der Waals surface area contributed by atoms with Gasteiger partial charge in [0.1, 0.15) is 5.69 Å². The fourth-order valence-corrected chi connectivity index (χ4v) is 3.97. The maximum Gasteiger partial charge on any atom is 0.271 e. The Balaban J connectivity index is 1.48. The van der Waals surface area contributed by atoms with Crippen LogP contribution in [0.1, 0.15) is 46.5 Å². The van der Waals surface area contributed by atoms with Crippen molar-refractivity contribution in [2.24, 2.45) is 7.05 Å². The first-order chi connectivity index (χ1) is 13.1. The molecule has 6 nitrogen and oxygen atoms in total. The van der Waals surface area contributed by atoms with Crippen molar-refractivity contribution < 1.29 is 9.53 Å². The standard InChI is InChI=1S/C20H25ClN4O2/c1-24-18(14-6-7-14)12-17(23-24)20(26)22-13-19(25-8-10-27-11-9-25)15-4-2-3-5-16(15)21/h2-5,12,14,19H,6-11,13H2,1H3,(H,22,26)/t19-/m0/s1. The average Bonchev–Trinajstić information content (AvgIpc) is 3.45. The molecule has 0 unspecified atom stereocenters. The number of aromatic nitrogens is 2. The molecular formula is C20H25ClN4O2. The van der Waals surface area contributed by atoms with E-state index in [0.717, 1.165) is 29.4 Å². The fraction of sp³-hybridized carbons (Fsp3) is 0.500. The summed E-state index contributed by atoms with van der Waals surface area (Å²) in [6, 6.07) is 9.77. The van der Waals surface area contributed by atoms with Crippen molar-refractivity contribution in [3.8, 4) is 0 Å². The van der Waals surface area contributed by atoms with E-state index in [1.165, 1.54) is 12.8 Å². The van der Waals surface area contributed by atoms with Crippen molar-refractivity contribution in [3.63, 3.8) is 0 Å². The highest BCUT2D eigenvalue weighted by molar-refractivity contribution is 6.31. The molecule has 1 aromatic carbocycles. The van der Waals surface area contributed by atoms with Gasteiger partial charge in [-0.15, -0.1) is 0 Å². The second-order valence-corrected chi connectivity index (χ2v) is 7.66. The van der Waals surface area contributed by atoms with Gasteiger partial charge in [0.25, 0.3) is 5.91 Å². The van der Waals surface area contributed by atoms with Crippen molar-refractivity contribution in [2.75, 3.05) is 32.8 Å². The summed E-state index contributed by atoms with van der Waals surface area (Å²) in [6.07, 6.45) is 2.37. The largest absolute Gasteiger partial charge is 0.379 e. The Morgan fingerprint density at radius 3 is 2.78 bits per heavy atom. The highest BCUT2D eigenvalue weighted by Gasteiger charge is 2.29. The number of aryl methyl sites for hydroxylation is 1. The Morgan fingerprint density at radius 2 is 2.07 bits per heavy atom. The van der Waals surface area contributed by atoms with Crippen molar-refractivity contribution in [2.45, 2.75) is 24.8 Å². The Morgan fingerprint density at radius 1 is 1.33 bits per heavy atom. The number of rotatable bonds is 6. The van der Waals surface area contributed by atoms with Crippen molar-refractivity contribution >= 4 is 17.5 Å². The first-order valence-corrected chi connectivity index (χ1v) is 9.89. The van der Waals surface area contributed by atoms with Gasteiger partial charge >= 0.3 is 0 Å². The van der Waals surface area contributed by atoms with E-state index in [1.54, 1.807) is 0 Å². The highest BCUT2D eigenvalue weighted by Crippen LogP contribution is 2.39. The lowest BCUT2D eigenvalue weighted by Crippen LogP contribution is -2.44. The van der Waals surface area contributed by atoms with Gasteiger partial charge in [-0.1, -0.05) is 29.8 Å². The molecule has 2 fully saturated rings. The molecule has 1 aliphatic heterocycles. The second-order valence-electron chi connectivity index (χ2n) is 7.25. The number of nitrogens with zero attached hydrogens (tertiary/aromatic N) is 3. The predicted molar refractivity (Wildman–Crippen MR) is 104 cm³/mol. The molecule has 0 spiro atoms. The maximum absolute atomic E-state index is 12.7. The second kappa shape index (κ2) is 8.00. The van der Waals surface area contributed by atoms with Crippen LogP contribution in [-0.2, 0) is 11.8 Å². The monoisotopic (exact) mass is 388 g/mol. The zero-order chi connectivity index (χ0) is 18.8. The molecule has 2 heterocycles. The SMILES string of the molecule is Cn1nc(C(=O)NC[C@@H](c2ccccc2Cl)N2CCOCC2)cc1C1CC1. The minimum atomic E-state index is -0.136. The minimum absolute atomic E-state index is 0.0122. The molecule has 7 heteroatoms. The summed E-state index contributed by atoms with van der Waals surface area (Å²) in [5.41, 5.74) is 2.66. The van der Waals surface area contributed by atoms with Gasteiger partial charge < -0.3 is 10.1 Å². The number of halogens is 1. The van der Waals surface area contributed by atoms with Gasteiger partial charge in [-0.2, -0.15) is 5.10 Å². The van der Waals surface area contributed by atoms with E-state index in [1.807, 2.05) is 42.1 Å². The van der Waals surface area contributed by atoms with Crippen molar-refractivity contribution in [1.29, 1.82) is 0 Å². The number of benzene rings is 1. The van der Waals surface area contributed by atoms with E-state index in [0.29, 0.717) is 31.4 Å². The Kier molecular flexibility index (Phi) is 5.48. The molecule has 2 aliphatic rings. The first kappa shape index (κ1) is 18.5. The van der Waals surface area contributed by atoms with Crippen LogP contribution in [0.25, 0.3) is 0 Å². The smallest absolute Gasteiger partial charge is 0.271 e. The van der Waals surface area contributed by atoms with Crippen LogP contribution in [-0.4, -0.2) is 53.4 Å². The topological polar surface area (TPSA) is 59.4 Å². The molecule has 1 aromatic heterocycles. The molecule has 0 radical (unpaired) electrons. The summed E-state index contributed by atoms with van der Waals surface area (Å²) >= 11 is 6.45. The Hall–Kier alpha value is -1.89. The van der Waals surface area contributed by atoms with Crippen LogP contribution in [0.3, 0.4) is 0 Å². The molecule has 2 aromatic rings. The van der Waals surface area contributed by atoms with Crippen LogP contribution in [0.2, 0.25) is 5.02 Å². The molecule has 4 rings (SSSR count). The third-order valence-electron chi connectivity index (χ3n) is 5.35. The summed E-state index contributed by atoms with van der Waals surface area (Å²) in [4.78, 5) is 15.0. The Bertz CT molecular complexity index is 812. The molecule has 1 saturated heterocycles. The summed E-state index contributed by atoms with van der Waals surface area (Å²) in [5, 5.41) is 8.18. The maximum atomic E-state index is 12.7. The summed E-state index contributed by atoms with van der Waals surface area (Å²) < 4.78 is 7.31. The van der Waals surface area contributed by atoms with E-state index in [9.17, 15) is 4.79 Å². The predicted octanol–water partition coefficient (Wildman–Crippen LogP) is 2.75.